The highest BCUT2D eigenvalue weighted by molar-refractivity contribution is 5.94. The molecule has 106 valence electrons. The van der Waals surface area contributed by atoms with E-state index in [1.54, 1.807) is 10.9 Å². The third kappa shape index (κ3) is 3.68. The van der Waals surface area contributed by atoms with Gasteiger partial charge in [0.1, 0.15) is 0 Å². The maximum atomic E-state index is 11.9. The molecule has 5 nitrogen and oxygen atoms in total. The molecule has 1 unspecified atom stereocenters. The second-order valence-corrected chi connectivity index (χ2v) is 5.22. The average molecular weight is 272 g/mol. The van der Waals surface area contributed by atoms with Crippen LogP contribution in [0.5, 0.6) is 0 Å². The van der Waals surface area contributed by atoms with Gasteiger partial charge in [-0.15, -0.1) is 0 Å². The lowest BCUT2D eigenvalue weighted by molar-refractivity contribution is -0.117. The molecule has 0 bridgehead atoms. The molecule has 0 saturated carbocycles. The number of nitrogens with two attached hydrogens (primary N) is 1. The number of carbonyl (C=O) groups is 1. The summed E-state index contributed by atoms with van der Waals surface area (Å²) in [5, 5.41) is 6.97. The van der Waals surface area contributed by atoms with Crippen molar-refractivity contribution in [2.45, 2.75) is 26.3 Å². The van der Waals surface area contributed by atoms with Gasteiger partial charge >= 0.3 is 0 Å². The number of amides is 1. The lowest BCUT2D eigenvalue weighted by atomic mass is 10.0. The fourth-order valence-corrected chi connectivity index (χ4v) is 1.97. The number of hydrogen-bond donors (Lipinski definition) is 2. The molecule has 3 N–H and O–H groups in total. The highest BCUT2D eigenvalue weighted by atomic mass is 16.2. The molecule has 20 heavy (non-hydrogen) atoms. The third-order valence-corrected chi connectivity index (χ3v) is 2.97. The Kier molecular flexibility index (Phi) is 4.53. The third-order valence-electron chi connectivity index (χ3n) is 2.97. The molecule has 0 radical (unpaired) electrons. The van der Waals surface area contributed by atoms with E-state index in [4.69, 9.17) is 5.73 Å². The van der Waals surface area contributed by atoms with Crippen LogP contribution in [-0.2, 0) is 4.79 Å². The molecule has 0 spiro atoms. The Labute approximate surface area is 118 Å². The van der Waals surface area contributed by atoms with Gasteiger partial charge in [0, 0.05) is 18.1 Å². The smallest absolute Gasteiger partial charge is 0.241 e. The summed E-state index contributed by atoms with van der Waals surface area (Å²) in [5.74, 6) is 0.253. The molecule has 0 aliphatic carbocycles. The normalized spacial score (nSPS) is 12.4. The van der Waals surface area contributed by atoms with E-state index in [9.17, 15) is 4.79 Å². The van der Waals surface area contributed by atoms with Crippen LogP contribution in [0.2, 0.25) is 0 Å². The van der Waals surface area contributed by atoms with E-state index in [-0.39, 0.29) is 5.91 Å². The quantitative estimate of drug-likeness (QED) is 0.876. The minimum absolute atomic E-state index is 0.148. The molecule has 0 fully saturated rings. The van der Waals surface area contributed by atoms with E-state index in [1.165, 1.54) is 0 Å². The first-order valence-corrected chi connectivity index (χ1v) is 6.73. The lowest BCUT2D eigenvalue weighted by Crippen LogP contribution is -2.36. The zero-order chi connectivity index (χ0) is 14.5. The van der Waals surface area contributed by atoms with Crippen LogP contribution in [-0.4, -0.2) is 21.7 Å². The van der Waals surface area contributed by atoms with Crippen LogP contribution in [0.15, 0.2) is 42.7 Å². The highest BCUT2D eigenvalue weighted by Gasteiger charge is 2.14. The predicted octanol–water partition coefficient (Wildman–Crippen LogP) is 2.18. The number of anilines is 1. The molecule has 1 heterocycles. The molecule has 2 rings (SSSR count). The van der Waals surface area contributed by atoms with Crippen molar-refractivity contribution in [1.82, 2.24) is 9.78 Å². The summed E-state index contributed by atoms with van der Waals surface area (Å²) in [7, 11) is 0. The number of nitrogens with zero attached hydrogens (tertiary/aromatic N) is 2. The Bertz CT molecular complexity index is 546. The predicted molar refractivity (Wildman–Crippen MR) is 79.6 cm³/mol. The summed E-state index contributed by atoms with van der Waals surface area (Å²) < 4.78 is 1.76. The standard InChI is InChI=1S/C15H20N4O/c1-11(2)10-14(16)15(20)18-12-4-6-13(7-5-12)19-9-3-8-17-19/h3-9,11,14H,10,16H2,1-2H3,(H,18,20). The monoisotopic (exact) mass is 272 g/mol. The van der Waals surface area contributed by atoms with Gasteiger partial charge in [0.15, 0.2) is 0 Å². The fourth-order valence-electron chi connectivity index (χ4n) is 1.97. The summed E-state index contributed by atoms with van der Waals surface area (Å²) in [4.78, 5) is 11.9. The topological polar surface area (TPSA) is 72.9 Å². The van der Waals surface area contributed by atoms with Crippen LogP contribution in [0.4, 0.5) is 5.69 Å². The first-order valence-electron chi connectivity index (χ1n) is 6.73. The first kappa shape index (κ1) is 14.3. The first-order chi connectivity index (χ1) is 9.56. The second kappa shape index (κ2) is 6.34. The lowest BCUT2D eigenvalue weighted by Gasteiger charge is -2.14. The van der Waals surface area contributed by atoms with Crippen molar-refractivity contribution in [3.05, 3.63) is 42.7 Å². The molecular weight excluding hydrogens is 252 g/mol. The van der Waals surface area contributed by atoms with Crippen LogP contribution in [0, 0.1) is 5.92 Å². The van der Waals surface area contributed by atoms with Gasteiger partial charge in [-0.25, -0.2) is 4.68 Å². The van der Waals surface area contributed by atoms with E-state index in [0.717, 1.165) is 11.4 Å². The van der Waals surface area contributed by atoms with Crippen molar-refractivity contribution in [3.8, 4) is 5.69 Å². The zero-order valence-corrected chi connectivity index (χ0v) is 11.8. The largest absolute Gasteiger partial charge is 0.325 e. The minimum atomic E-state index is -0.471. The number of rotatable bonds is 5. The van der Waals surface area contributed by atoms with E-state index < -0.39 is 6.04 Å². The zero-order valence-electron chi connectivity index (χ0n) is 11.8. The Morgan fingerprint density at radius 3 is 2.60 bits per heavy atom. The second-order valence-electron chi connectivity index (χ2n) is 5.22. The van der Waals surface area contributed by atoms with Gasteiger partial charge in [0.05, 0.1) is 11.7 Å². The average Bonchev–Trinajstić information content (AvgIpc) is 2.92. The molecule has 0 saturated heterocycles. The minimum Gasteiger partial charge on any atom is -0.325 e. The Balaban J connectivity index is 1.99. The summed E-state index contributed by atoms with van der Waals surface area (Å²) in [6.07, 6.45) is 4.27. The van der Waals surface area contributed by atoms with Crippen LogP contribution >= 0.6 is 0 Å². The van der Waals surface area contributed by atoms with Gasteiger partial charge in [0.25, 0.3) is 0 Å². The molecule has 2 aromatic rings. The van der Waals surface area contributed by atoms with Gasteiger partial charge in [0.2, 0.25) is 5.91 Å². The molecule has 1 aromatic heterocycles. The molecule has 1 amide bonds. The van der Waals surface area contributed by atoms with Gasteiger partial charge in [-0.05, 0) is 42.7 Å². The van der Waals surface area contributed by atoms with Crippen molar-refractivity contribution in [2.24, 2.45) is 11.7 Å². The van der Waals surface area contributed by atoms with Crippen molar-refractivity contribution in [1.29, 1.82) is 0 Å². The number of nitrogens with one attached hydrogen (secondary N) is 1. The SMILES string of the molecule is CC(C)CC(N)C(=O)Nc1ccc(-n2cccn2)cc1. The van der Waals surface area contributed by atoms with E-state index in [1.807, 2.05) is 50.4 Å². The van der Waals surface area contributed by atoms with Crippen LogP contribution in [0.1, 0.15) is 20.3 Å². The van der Waals surface area contributed by atoms with E-state index in [0.29, 0.717) is 12.3 Å². The van der Waals surface area contributed by atoms with Crippen molar-refractivity contribution in [3.63, 3.8) is 0 Å². The van der Waals surface area contributed by atoms with Crippen LogP contribution in [0.3, 0.4) is 0 Å². The molecule has 0 aliphatic rings. The Morgan fingerprint density at radius 1 is 1.35 bits per heavy atom. The van der Waals surface area contributed by atoms with Gasteiger partial charge in [-0.1, -0.05) is 13.8 Å². The molecule has 5 heteroatoms. The molecule has 0 aliphatic heterocycles. The van der Waals surface area contributed by atoms with Gasteiger partial charge < -0.3 is 11.1 Å². The van der Waals surface area contributed by atoms with Crippen molar-refractivity contribution in [2.75, 3.05) is 5.32 Å². The number of benzene rings is 1. The maximum absolute atomic E-state index is 11.9. The number of aromatic nitrogens is 2. The molecule has 1 atom stereocenters. The Hall–Kier alpha value is -2.14. The number of hydrogen-bond acceptors (Lipinski definition) is 3. The summed E-state index contributed by atoms with van der Waals surface area (Å²) >= 11 is 0. The van der Waals surface area contributed by atoms with Crippen LogP contribution in [0.25, 0.3) is 5.69 Å². The molecule has 1 aromatic carbocycles. The van der Waals surface area contributed by atoms with Gasteiger partial charge in [-0.3, -0.25) is 4.79 Å². The van der Waals surface area contributed by atoms with Crippen molar-refractivity contribution < 1.29 is 4.79 Å². The van der Waals surface area contributed by atoms with Crippen molar-refractivity contribution >= 4 is 11.6 Å². The van der Waals surface area contributed by atoms with Crippen LogP contribution < -0.4 is 11.1 Å². The Morgan fingerprint density at radius 2 is 2.05 bits per heavy atom. The fraction of sp³-hybridized carbons (Fsp3) is 0.333. The van der Waals surface area contributed by atoms with E-state index >= 15 is 0 Å². The maximum Gasteiger partial charge on any atom is 0.241 e. The number of carbonyl (C=O) groups excluding carboxylic acids is 1. The summed E-state index contributed by atoms with van der Waals surface area (Å²) in [6, 6.07) is 8.88. The summed E-state index contributed by atoms with van der Waals surface area (Å²) in [5.41, 5.74) is 7.53. The van der Waals surface area contributed by atoms with E-state index in [2.05, 4.69) is 10.4 Å². The highest BCUT2D eigenvalue weighted by Crippen LogP contribution is 2.13. The molecular formula is C15H20N4O. The van der Waals surface area contributed by atoms with Gasteiger partial charge in [-0.2, -0.15) is 5.10 Å². The summed E-state index contributed by atoms with van der Waals surface area (Å²) in [6.45, 7) is 4.10.